The van der Waals surface area contributed by atoms with Crippen LogP contribution in [0.4, 0.5) is 0 Å². The Morgan fingerprint density at radius 1 is 1.53 bits per heavy atom. The molecule has 2 aromatic rings. The Morgan fingerprint density at radius 2 is 2.29 bits per heavy atom. The van der Waals surface area contributed by atoms with E-state index in [4.69, 9.17) is 5.11 Å². The third-order valence-corrected chi connectivity index (χ3v) is 2.87. The van der Waals surface area contributed by atoms with Gasteiger partial charge in [0.15, 0.2) is 5.82 Å². The molecule has 0 aliphatic rings. The van der Waals surface area contributed by atoms with E-state index >= 15 is 0 Å². The third-order valence-electron chi connectivity index (χ3n) is 2.18. The molecule has 1 N–H and O–H groups in total. The summed E-state index contributed by atoms with van der Waals surface area (Å²) >= 11 is 3.40. The molecule has 0 aliphatic heterocycles. The minimum atomic E-state index is -0.984. The van der Waals surface area contributed by atoms with Crippen LogP contribution in [0.15, 0.2) is 22.7 Å². The lowest BCUT2D eigenvalue weighted by atomic mass is 10.1. The first-order valence-electron chi connectivity index (χ1n) is 4.82. The van der Waals surface area contributed by atoms with Gasteiger partial charge in [-0.1, -0.05) is 27.6 Å². The van der Waals surface area contributed by atoms with Gasteiger partial charge in [-0.3, -0.25) is 4.79 Å². The number of aliphatic carboxylic acids is 1. The van der Waals surface area contributed by atoms with Gasteiger partial charge in [-0.2, -0.15) is 0 Å². The van der Waals surface area contributed by atoms with Crippen molar-refractivity contribution in [3.05, 3.63) is 28.2 Å². The summed E-state index contributed by atoms with van der Waals surface area (Å²) in [6.07, 6.45) is 0. The van der Waals surface area contributed by atoms with Crippen molar-refractivity contribution in [2.24, 2.45) is 0 Å². The summed E-state index contributed by atoms with van der Waals surface area (Å²) in [7, 11) is 0. The number of carboxylic acid groups (broad SMARTS) is 1. The van der Waals surface area contributed by atoms with Crippen LogP contribution in [0.3, 0.4) is 0 Å². The molecule has 0 aliphatic carbocycles. The van der Waals surface area contributed by atoms with Crippen LogP contribution in [0.5, 0.6) is 0 Å². The van der Waals surface area contributed by atoms with Crippen molar-refractivity contribution in [3.8, 4) is 11.4 Å². The summed E-state index contributed by atoms with van der Waals surface area (Å²) in [6.45, 7) is 1.68. The lowest BCUT2D eigenvalue weighted by molar-refractivity contribution is -0.137. The van der Waals surface area contributed by atoms with E-state index in [1.807, 2.05) is 25.1 Å². The highest BCUT2D eigenvalue weighted by Gasteiger charge is 2.14. The van der Waals surface area contributed by atoms with Crippen molar-refractivity contribution >= 4 is 21.9 Å². The van der Waals surface area contributed by atoms with E-state index < -0.39 is 5.97 Å². The van der Waals surface area contributed by atoms with Crippen LogP contribution in [0.2, 0.25) is 0 Å². The molecule has 0 saturated heterocycles. The van der Waals surface area contributed by atoms with E-state index in [1.165, 1.54) is 4.68 Å². The molecule has 0 amide bonds. The predicted molar refractivity (Wildman–Crippen MR) is 63.3 cm³/mol. The molecule has 1 heterocycles. The van der Waals surface area contributed by atoms with Gasteiger partial charge in [-0.05, 0) is 29.5 Å². The maximum absolute atomic E-state index is 10.7. The van der Waals surface area contributed by atoms with Crippen molar-refractivity contribution in [2.75, 3.05) is 0 Å². The van der Waals surface area contributed by atoms with E-state index in [0.717, 1.165) is 15.6 Å². The first kappa shape index (κ1) is 11.7. The van der Waals surface area contributed by atoms with Gasteiger partial charge in [0.1, 0.15) is 6.54 Å². The summed E-state index contributed by atoms with van der Waals surface area (Å²) in [5.41, 5.74) is 1.82. The van der Waals surface area contributed by atoms with Crippen molar-refractivity contribution in [1.29, 1.82) is 0 Å². The molecule has 0 bridgehead atoms. The number of carbonyl (C=O) groups is 1. The van der Waals surface area contributed by atoms with Gasteiger partial charge in [0.25, 0.3) is 0 Å². The van der Waals surface area contributed by atoms with Gasteiger partial charge in [-0.25, -0.2) is 4.68 Å². The molecule has 17 heavy (non-hydrogen) atoms. The standard InChI is InChI=1S/C10H9BrN4O2/c1-6-2-3-8(11)7(4-6)10-12-13-14-15(10)5-9(16)17/h2-4H,5H2,1H3,(H,16,17). The number of rotatable bonds is 3. The number of tetrazole rings is 1. The Hall–Kier alpha value is -1.76. The average molecular weight is 297 g/mol. The Kier molecular flexibility index (Phi) is 3.19. The summed E-state index contributed by atoms with van der Waals surface area (Å²) in [5, 5.41) is 19.8. The van der Waals surface area contributed by atoms with Gasteiger partial charge in [0.05, 0.1) is 0 Å². The molecule has 0 spiro atoms. The Labute approximate surface area is 105 Å². The smallest absolute Gasteiger partial charge is 0.325 e. The fraction of sp³-hybridized carbons (Fsp3) is 0.200. The molecule has 0 atom stereocenters. The van der Waals surface area contributed by atoms with E-state index in [1.54, 1.807) is 0 Å². The summed E-state index contributed by atoms with van der Waals surface area (Å²) in [4.78, 5) is 10.7. The van der Waals surface area contributed by atoms with Crippen LogP contribution >= 0.6 is 15.9 Å². The Bertz CT molecular complexity index is 567. The van der Waals surface area contributed by atoms with E-state index in [0.29, 0.717) is 5.82 Å². The zero-order valence-electron chi connectivity index (χ0n) is 8.96. The van der Waals surface area contributed by atoms with Crippen molar-refractivity contribution in [3.63, 3.8) is 0 Å². The highest BCUT2D eigenvalue weighted by molar-refractivity contribution is 9.10. The van der Waals surface area contributed by atoms with Crippen LogP contribution in [-0.4, -0.2) is 31.3 Å². The summed E-state index contributed by atoms with van der Waals surface area (Å²) in [5.74, 6) is -0.551. The number of hydrogen-bond acceptors (Lipinski definition) is 4. The number of halogens is 1. The van der Waals surface area contributed by atoms with Crippen LogP contribution in [0.1, 0.15) is 5.56 Å². The number of carboxylic acids is 1. The molecular weight excluding hydrogens is 288 g/mol. The number of aryl methyl sites for hydroxylation is 1. The molecule has 0 radical (unpaired) electrons. The number of nitrogens with zero attached hydrogens (tertiary/aromatic N) is 4. The van der Waals surface area contributed by atoms with Crippen LogP contribution < -0.4 is 0 Å². The summed E-state index contributed by atoms with van der Waals surface area (Å²) < 4.78 is 2.08. The largest absolute Gasteiger partial charge is 0.480 e. The topological polar surface area (TPSA) is 80.9 Å². The number of benzene rings is 1. The second-order valence-electron chi connectivity index (χ2n) is 3.54. The molecule has 2 rings (SSSR count). The zero-order valence-corrected chi connectivity index (χ0v) is 10.5. The molecule has 0 unspecified atom stereocenters. The molecule has 0 saturated carbocycles. The lowest BCUT2D eigenvalue weighted by Gasteiger charge is -2.05. The van der Waals surface area contributed by atoms with Gasteiger partial charge < -0.3 is 5.11 Å². The molecule has 1 aromatic carbocycles. The number of aromatic nitrogens is 4. The third kappa shape index (κ3) is 2.50. The van der Waals surface area contributed by atoms with E-state index in [-0.39, 0.29) is 6.54 Å². The van der Waals surface area contributed by atoms with Crippen molar-refractivity contribution < 1.29 is 9.90 Å². The van der Waals surface area contributed by atoms with Crippen molar-refractivity contribution in [2.45, 2.75) is 13.5 Å². The van der Waals surface area contributed by atoms with Crippen LogP contribution in [-0.2, 0) is 11.3 Å². The maximum atomic E-state index is 10.7. The highest BCUT2D eigenvalue weighted by atomic mass is 79.9. The first-order valence-corrected chi connectivity index (χ1v) is 5.61. The van der Waals surface area contributed by atoms with E-state index in [9.17, 15) is 4.79 Å². The fourth-order valence-electron chi connectivity index (χ4n) is 1.44. The molecule has 7 heteroatoms. The predicted octanol–water partition coefficient (Wildman–Crippen LogP) is 1.50. The lowest BCUT2D eigenvalue weighted by Crippen LogP contribution is -2.11. The zero-order chi connectivity index (χ0) is 12.4. The molecule has 6 nitrogen and oxygen atoms in total. The SMILES string of the molecule is Cc1ccc(Br)c(-c2nnnn2CC(=O)O)c1. The monoisotopic (exact) mass is 296 g/mol. The normalized spacial score (nSPS) is 10.5. The minimum absolute atomic E-state index is 0.261. The number of hydrogen-bond donors (Lipinski definition) is 1. The second kappa shape index (κ2) is 4.62. The molecule has 0 fully saturated rings. The first-order chi connectivity index (χ1) is 8.08. The van der Waals surface area contributed by atoms with Crippen LogP contribution in [0, 0.1) is 6.92 Å². The Balaban J connectivity index is 2.49. The summed E-state index contributed by atoms with van der Waals surface area (Å²) in [6, 6.07) is 5.72. The minimum Gasteiger partial charge on any atom is -0.480 e. The highest BCUT2D eigenvalue weighted by Crippen LogP contribution is 2.27. The van der Waals surface area contributed by atoms with Crippen molar-refractivity contribution in [1.82, 2.24) is 20.2 Å². The van der Waals surface area contributed by atoms with Crippen LogP contribution in [0.25, 0.3) is 11.4 Å². The molecule has 88 valence electrons. The molecule has 1 aromatic heterocycles. The van der Waals surface area contributed by atoms with Gasteiger partial charge in [-0.15, -0.1) is 5.10 Å². The van der Waals surface area contributed by atoms with E-state index in [2.05, 4.69) is 31.5 Å². The molecular formula is C10H9BrN4O2. The van der Waals surface area contributed by atoms with Gasteiger partial charge >= 0.3 is 5.97 Å². The van der Waals surface area contributed by atoms with Gasteiger partial charge in [0.2, 0.25) is 0 Å². The quantitative estimate of drug-likeness (QED) is 0.928. The van der Waals surface area contributed by atoms with Gasteiger partial charge in [0, 0.05) is 10.0 Å². The fourth-order valence-corrected chi connectivity index (χ4v) is 1.87. The average Bonchev–Trinajstić information content (AvgIpc) is 2.69. The second-order valence-corrected chi connectivity index (χ2v) is 4.39. The maximum Gasteiger partial charge on any atom is 0.325 e. The Morgan fingerprint density at radius 3 is 3.00 bits per heavy atom.